The molecule has 1 heterocycles. The van der Waals surface area contributed by atoms with Crippen molar-refractivity contribution in [3.8, 4) is 0 Å². The summed E-state index contributed by atoms with van der Waals surface area (Å²) in [5, 5.41) is 3.65. The van der Waals surface area contributed by atoms with E-state index in [1.165, 1.54) is 12.1 Å². The van der Waals surface area contributed by atoms with Crippen molar-refractivity contribution in [3.05, 3.63) is 41.5 Å². The Bertz CT molecular complexity index is 697. The number of halogens is 1. The third kappa shape index (κ3) is 2.91. The van der Waals surface area contributed by atoms with E-state index >= 15 is 0 Å². The first-order valence-corrected chi connectivity index (χ1v) is 6.84. The van der Waals surface area contributed by atoms with Gasteiger partial charge in [0.1, 0.15) is 16.5 Å². The molecule has 1 aromatic heterocycles. The lowest BCUT2D eigenvalue weighted by Gasteiger charge is -2.08. The zero-order valence-corrected chi connectivity index (χ0v) is 10.9. The van der Waals surface area contributed by atoms with Gasteiger partial charge >= 0.3 is 0 Å². The van der Waals surface area contributed by atoms with Crippen molar-refractivity contribution in [2.75, 3.05) is 5.73 Å². The predicted octanol–water partition coefficient (Wildman–Crippen LogP) is 1.18. The summed E-state index contributed by atoms with van der Waals surface area (Å²) in [5.74, 6) is -0.209. The predicted molar refractivity (Wildman–Crippen MR) is 66.1 cm³/mol. The summed E-state index contributed by atoms with van der Waals surface area (Å²) in [7, 11) is -3.90. The first kappa shape index (κ1) is 13.5. The monoisotopic (exact) mass is 285 g/mol. The van der Waals surface area contributed by atoms with Gasteiger partial charge in [0.2, 0.25) is 10.0 Å². The van der Waals surface area contributed by atoms with E-state index in [1.807, 2.05) is 0 Å². The van der Waals surface area contributed by atoms with E-state index in [0.29, 0.717) is 11.5 Å². The van der Waals surface area contributed by atoms with Crippen LogP contribution in [0, 0.1) is 12.7 Å². The molecule has 0 fully saturated rings. The lowest BCUT2D eigenvalue weighted by atomic mass is 10.3. The van der Waals surface area contributed by atoms with Gasteiger partial charge in [0.25, 0.3) is 0 Å². The molecule has 0 unspecified atom stereocenters. The van der Waals surface area contributed by atoms with Gasteiger partial charge in [-0.1, -0.05) is 11.2 Å². The highest BCUT2D eigenvalue weighted by Gasteiger charge is 2.19. The standard InChI is InChI=1S/C11H12FN3O3S/c1-7-5-8(15-18-7)6-14-19(16,17)10-4-2-3-9(12)11(10)13/h2-5,14H,6,13H2,1H3. The maximum absolute atomic E-state index is 13.2. The van der Waals surface area contributed by atoms with Crippen molar-refractivity contribution in [3.63, 3.8) is 0 Å². The summed E-state index contributed by atoms with van der Waals surface area (Å²) >= 11 is 0. The van der Waals surface area contributed by atoms with Crippen molar-refractivity contribution in [1.82, 2.24) is 9.88 Å². The minimum Gasteiger partial charge on any atom is -0.395 e. The molecule has 3 N–H and O–H groups in total. The number of aromatic nitrogens is 1. The summed E-state index contributed by atoms with van der Waals surface area (Å²) in [6, 6.07) is 5.20. The van der Waals surface area contributed by atoms with Gasteiger partial charge in [-0.2, -0.15) is 0 Å². The third-order valence-electron chi connectivity index (χ3n) is 2.42. The van der Waals surface area contributed by atoms with Crippen LogP contribution in [0.15, 0.2) is 33.7 Å². The van der Waals surface area contributed by atoms with E-state index in [0.717, 1.165) is 6.07 Å². The maximum atomic E-state index is 13.2. The number of nitrogens with one attached hydrogen (secondary N) is 1. The van der Waals surface area contributed by atoms with E-state index in [-0.39, 0.29) is 11.4 Å². The Morgan fingerprint density at radius 2 is 2.21 bits per heavy atom. The fraction of sp³-hybridized carbons (Fsp3) is 0.182. The topological polar surface area (TPSA) is 98.2 Å². The van der Waals surface area contributed by atoms with E-state index in [9.17, 15) is 12.8 Å². The number of aryl methyl sites for hydroxylation is 1. The van der Waals surface area contributed by atoms with Gasteiger partial charge in [0.05, 0.1) is 17.9 Å². The number of sulfonamides is 1. The first-order chi connectivity index (χ1) is 8.90. The van der Waals surface area contributed by atoms with E-state index in [4.69, 9.17) is 10.3 Å². The molecule has 2 aromatic rings. The zero-order valence-electron chi connectivity index (χ0n) is 10.1. The largest absolute Gasteiger partial charge is 0.395 e. The Morgan fingerprint density at radius 1 is 1.47 bits per heavy atom. The molecule has 0 saturated carbocycles. The Morgan fingerprint density at radius 3 is 2.84 bits per heavy atom. The molecule has 0 atom stereocenters. The number of anilines is 1. The molecule has 102 valence electrons. The van der Waals surface area contributed by atoms with Crippen LogP contribution in [-0.4, -0.2) is 13.6 Å². The van der Waals surface area contributed by atoms with Crippen molar-refractivity contribution in [1.29, 1.82) is 0 Å². The van der Waals surface area contributed by atoms with Crippen LogP contribution in [0.2, 0.25) is 0 Å². The van der Waals surface area contributed by atoms with Crippen molar-refractivity contribution < 1.29 is 17.3 Å². The molecule has 19 heavy (non-hydrogen) atoms. The number of hydrogen-bond donors (Lipinski definition) is 2. The Balaban J connectivity index is 2.21. The van der Waals surface area contributed by atoms with Crippen molar-refractivity contribution in [2.24, 2.45) is 0 Å². The van der Waals surface area contributed by atoms with Crippen LogP contribution < -0.4 is 10.5 Å². The highest BCUT2D eigenvalue weighted by atomic mass is 32.2. The molecule has 8 heteroatoms. The fourth-order valence-corrected chi connectivity index (χ4v) is 2.64. The first-order valence-electron chi connectivity index (χ1n) is 5.36. The molecule has 0 saturated heterocycles. The third-order valence-corrected chi connectivity index (χ3v) is 3.88. The second kappa shape index (κ2) is 4.98. The number of nitrogen functional groups attached to an aromatic ring is 1. The fourth-order valence-electron chi connectivity index (χ4n) is 1.50. The second-order valence-electron chi connectivity index (χ2n) is 3.91. The number of nitrogens with zero attached hydrogens (tertiary/aromatic N) is 1. The number of nitrogens with two attached hydrogens (primary N) is 1. The highest BCUT2D eigenvalue weighted by molar-refractivity contribution is 7.89. The van der Waals surface area contributed by atoms with Crippen LogP contribution in [0.1, 0.15) is 11.5 Å². The minimum absolute atomic E-state index is 0.0599. The molecular formula is C11H12FN3O3S. The van der Waals surface area contributed by atoms with Crippen molar-refractivity contribution in [2.45, 2.75) is 18.4 Å². The highest BCUT2D eigenvalue weighted by Crippen LogP contribution is 2.20. The molecule has 0 aliphatic rings. The van der Waals surface area contributed by atoms with Crippen LogP contribution in [0.25, 0.3) is 0 Å². The van der Waals surface area contributed by atoms with Gasteiger partial charge in [0.15, 0.2) is 0 Å². The van der Waals surface area contributed by atoms with E-state index < -0.39 is 21.5 Å². The smallest absolute Gasteiger partial charge is 0.243 e. The second-order valence-corrected chi connectivity index (χ2v) is 5.64. The van der Waals surface area contributed by atoms with Gasteiger partial charge in [-0.25, -0.2) is 17.5 Å². The van der Waals surface area contributed by atoms with Crippen LogP contribution in [0.5, 0.6) is 0 Å². The Hall–Kier alpha value is -1.93. The molecule has 6 nitrogen and oxygen atoms in total. The van der Waals surface area contributed by atoms with Gasteiger partial charge < -0.3 is 10.3 Å². The summed E-state index contributed by atoms with van der Waals surface area (Å²) in [5.41, 5.74) is 5.43. The number of benzene rings is 1. The Labute approximate surface area is 109 Å². The van der Waals surface area contributed by atoms with Gasteiger partial charge in [-0.15, -0.1) is 0 Å². The summed E-state index contributed by atoms with van der Waals surface area (Å²) in [6.45, 7) is 1.63. The van der Waals surface area contributed by atoms with Crippen LogP contribution in [0.4, 0.5) is 10.1 Å². The molecule has 2 rings (SSSR count). The molecule has 0 radical (unpaired) electrons. The molecule has 0 aliphatic carbocycles. The maximum Gasteiger partial charge on any atom is 0.243 e. The lowest BCUT2D eigenvalue weighted by molar-refractivity contribution is 0.390. The molecular weight excluding hydrogens is 273 g/mol. The Kier molecular flexibility index (Phi) is 3.54. The van der Waals surface area contributed by atoms with E-state index in [1.54, 1.807) is 13.0 Å². The summed E-state index contributed by atoms with van der Waals surface area (Å²) in [4.78, 5) is -0.298. The van der Waals surface area contributed by atoms with Crippen LogP contribution >= 0.6 is 0 Å². The molecule has 0 spiro atoms. The number of rotatable bonds is 4. The SMILES string of the molecule is Cc1cc(CNS(=O)(=O)c2cccc(F)c2N)no1. The molecule has 0 bridgehead atoms. The minimum atomic E-state index is -3.90. The van der Waals surface area contributed by atoms with Gasteiger partial charge in [0, 0.05) is 6.07 Å². The molecule has 0 amide bonds. The average molecular weight is 285 g/mol. The average Bonchev–Trinajstić information content (AvgIpc) is 2.76. The molecule has 1 aromatic carbocycles. The van der Waals surface area contributed by atoms with E-state index in [2.05, 4.69) is 9.88 Å². The van der Waals surface area contributed by atoms with Gasteiger partial charge in [-0.3, -0.25) is 0 Å². The zero-order chi connectivity index (χ0) is 14.0. The number of hydrogen-bond acceptors (Lipinski definition) is 5. The summed E-state index contributed by atoms with van der Waals surface area (Å²) < 4.78 is 44.3. The normalized spacial score (nSPS) is 11.7. The lowest BCUT2D eigenvalue weighted by Crippen LogP contribution is -2.24. The van der Waals surface area contributed by atoms with Crippen LogP contribution in [0.3, 0.4) is 0 Å². The van der Waals surface area contributed by atoms with Crippen LogP contribution in [-0.2, 0) is 16.6 Å². The van der Waals surface area contributed by atoms with Gasteiger partial charge in [-0.05, 0) is 19.1 Å². The number of para-hydroxylation sites is 1. The molecule has 0 aliphatic heterocycles. The summed E-state index contributed by atoms with van der Waals surface area (Å²) in [6.07, 6.45) is 0. The quantitative estimate of drug-likeness (QED) is 0.822. The van der Waals surface area contributed by atoms with Crippen molar-refractivity contribution >= 4 is 15.7 Å².